The van der Waals surface area contributed by atoms with Gasteiger partial charge in [-0.05, 0) is 54.9 Å². The molecule has 1 nitrogen and oxygen atoms in total. The van der Waals surface area contributed by atoms with E-state index in [9.17, 15) is 4.79 Å². The number of rotatable bonds is 2. The molecule has 0 aliphatic heterocycles. The van der Waals surface area contributed by atoms with E-state index in [4.69, 9.17) is 0 Å². The molecule has 3 atom stereocenters. The van der Waals surface area contributed by atoms with Crippen LogP contribution in [0.25, 0.3) is 0 Å². The van der Waals surface area contributed by atoms with Crippen LogP contribution in [0.3, 0.4) is 0 Å². The summed E-state index contributed by atoms with van der Waals surface area (Å²) in [6.45, 7) is 8.78. The van der Waals surface area contributed by atoms with Crippen molar-refractivity contribution in [3.05, 3.63) is 12.2 Å². The zero-order chi connectivity index (χ0) is 11.3. The van der Waals surface area contributed by atoms with Crippen LogP contribution in [0.2, 0.25) is 0 Å². The molecule has 2 bridgehead atoms. The highest BCUT2D eigenvalue weighted by atomic mass is 16.1. The van der Waals surface area contributed by atoms with Gasteiger partial charge in [0.05, 0.1) is 0 Å². The van der Waals surface area contributed by atoms with E-state index in [1.807, 2.05) is 0 Å². The first-order chi connectivity index (χ1) is 6.86. The highest BCUT2D eigenvalue weighted by molar-refractivity contribution is 5.87. The molecule has 2 saturated carbocycles. The van der Waals surface area contributed by atoms with Crippen molar-refractivity contribution >= 4 is 5.78 Å². The normalized spacial score (nSPS) is 42.7. The molecule has 2 aliphatic rings. The molecule has 84 valence electrons. The summed E-state index contributed by atoms with van der Waals surface area (Å²) in [5.74, 6) is 1.63. The fraction of sp³-hybridized carbons (Fsp3) is 0.786. The molecule has 0 aromatic rings. The van der Waals surface area contributed by atoms with Crippen molar-refractivity contribution in [3.63, 3.8) is 0 Å². The number of allylic oxidation sites excluding steroid dienone is 2. The summed E-state index contributed by atoms with van der Waals surface area (Å²) in [4.78, 5) is 11.0. The Balaban J connectivity index is 2.26. The minimum Gasteiger partial charge on any atom is -0.295 e. The molecule has 0 saturated heterocycles. The summed E-state index contributed by atoms with van der Waals surface area (Å²) in [5, 5.41) is 0. The summed E-state index contributed by atoms with van der Waals surface area (Å²) >= 11 is 0. The van der Waals surface area contributed by atoms with Gasteiger partial charge in [-0.2, -0.15) is 0 Å². The van der Waals surface area contributed by atoms with Gasteiger partial charge < -0.3 is 0 Å². The topological polar surface area (TPSA) is 17.1 Å². The summed E-state index contributed by atoms with van der Waals surface area (Å²) < 4.78 is 0. The monoisotopic (exact) mass is 206 g/mol. The van der Waals surface area contributed by atoms with Crippen LogP contribution in [0.15, 0.2) is 12.2 Å². The molecule has 1 heteroatoms. The van der Waals surface area contributed by atoms with Crippen LogP contribution < -0.4 is 0 Å². The van der Waals surface area contributed by atoms with Crippen molar-refractivity contribution in [2.45, 2.75) is 47.0 Å². The van der Waals surface area contributed by atoms with Gasteiger partial charge in [0.25, 0.3) is 0 Å². The SMILES string of the molecule is CC(=O)C=CC1C2(C)CCC(C2)C1(C)C. The van der Waals surface area contributed by atoms with Crippen molar-refractivity contribution in [1.29, 1.82) is 0 Å². The molecule has 0 spiro atoms. The first-order valence-corrected chi connectivity index (χ1v) is 6.05. The smallest absolute Gasteiger partial charge is 0.152 e. The highest BCUT2D eigenvalue weighted by Crippen LogP contribution is 2.66. The molecule has 2 fully saturated rings. The third-order valence-electron chi connectivity index (χ3n) is 4.90. The number of ketones is 1. The van der Waals surface area contributed by atoms with Gasteiger partial charge in [0, 0.05) is 0 Å². The van der Waals surface area contributed by atoms with E-state index in [-0.39, 0.29) is 5.78 Å². The fourth-order valence-electron chi connectivity index (χ4n) is 4.05. The van der Waals surface area contributed by atoms with Crippen LogP contribution in [-0.4, -0.2) is 5.78 Å². The van der Waals surface area contributed by atoms with E-state index >= 15 is 0 Å². The predicted octanol–water partition coefficient (Wildman–Crippen LogP) is 3.59. The Labute approximate surface area is 92.9 Å². The van der Waals surface area contributed by atoms with Crippen molar-refractivity contribution < 1.29 is 4.79 Å². The van der Waals surface area contributed by atoms with E-state index in [1.54, 1.807) is 13.0 Å². The number of fused-ring (bicyclic) bond motifs is 2. The zero-order valence-corrected chi connectivity index (χ0v) is 10.3. The summed E-state index contributed by atoms with van der Waals surface area (Å²) in [6, 6.07) is 0. The van der Waals surface area contributed by atoms with E-state index in [0.717, 1.165) is 5.92 Å². The van der Waals surface area contributed by atoms with Gasteiger partial charge in [0.15, 0.2) is 5.78 Å². The van der Waals surface area contributed by atoms with Gasteiger partial charge in [-0.3, -0.25) is 4.79 Å². The maximum Gasteiger partial charge on any atom is 0.152 e. The van der Waals surface area contributed by atoms with Gasteiger partial charge in [-0.25, -0.2) is 0 Å². The predicted molar refractivity (Wildman–Crippen MR) is 62.5 cm³/mol. The number of hydrogen-bond acceptors (Lipinski definition) is 1. The van der Waals surface area contributed by atoms with Crippen molar-refractivity contribution in [1.82, 2.24) is 0 Å². The van der Waals surface area contributed by atoms with Crippen LogP contribution in [0.5, 0.6) is 0 Å². The Morgan fingerprint density at radius 2 is 2.00 bits per heavy atom. The molecule has 0 radical (unpaired) electrons. The second-order valence-electron chi connectivity index (χ2n) is 6.36. The zero-order valence-electron chi connectivity index (χ0n) is 10.3. The number of carbonyl (C=O) groups excluding carboxylic acids is 1. The Hall–Kier alpha value is -0.590. The van der Waals surface area contributed by atoms with Crippen molar-refractivity contribution in [2.24, 2.45) is 22.7 Å². The quantitative estimate of drug-likeness (QED) is 0.631. The fourth-order valence-corrected chi connectivity index (χ4v) is 4.05. The van der Waals surface area contributed by atoms with Gasteiger partial charge in [-0.15, -0.1) is 0 Å². The lowest BCUT2D eigenvalue weighted by atomic mass is 9.64. The molecule has 0 aromatic carbocycles. The molecule has 0 N–H and O–H groups in total. The van der Waals surface area contributed by atoms with Gasteiger partial charge in [0.2, 0.25) is 0 Å². The Kier molecular flexibility index (Phi) is 2.33. The Bertz CT molecular complexity index is 309. The second kappa shape index (κ2) is 3.20. The first kappa shape index (κ1) is 10.9. The Morgan fingerprint density at radius 1 is 1.33 bits per heavy atom. The summed E-state index contributed by atoms with van der Waals surface area (Å²) in [5.41, 5.74) is 0.846. The minimum atomic E-state index is 0.178. The van der Waals surface area contributed by atoms with E-state index in [1.165, 1.54) is 19.3 Å². The van der Waals surface area contributed by atoms with Gasteiger partial charge in [-0.1, -0.05) is 26.8 Å². The molecule has 15 heavy (non-hydrogen) atoms. The van der Waals surface area contributed by atoms with Crippen LogP contribution in [0.1, 0.15) is 47.0 Å². The lowest BCUT2D eigenvalue weighted by Gasteiger charge is -2.41. The summed E-state index contributed by atoms with van der Waals surface area (Å²) in [7, 11) is 0. The van der Waals surface area contributed by atoms with Gasteiger partial charge >= 0.3 is 0 Å². The molecule has 0 amide bonds. The molecule has 0 heterocycles. The first-order valence-electron chi connectivity index (χ1n) is 6.05. The Morgan fingerprint density at radius 3 is 2.47 bits per heavy atom. The van der Waals surface area contributed by atoms with Crippen LogP contribution in [-0.2, 0) is 4.79 Å². The lowest BCUT2D eigenvalue weighted by Crippen LogP contribution is -2.33. The van der Waals surface area contributed by atoms with E-state index < -0.39 is 0 Å². The molecular formula is C14H22O. The molecule has 2 aliphatic carbocycles. The second-order valence-corrected chi connectivity index (χ2v) is 6.36. The van der Waals surface area contributed by atoms with Crippen LogP contribution in [0.4, 0.5) is 0 Å². The standard InChI is InChI=1S/C14H22O/c1-10(15)5-6-12-13(2,3)11-7-8-14(12,4)9-11/h5-6,11-12H,7-9H2,1-4H3. The van der Waals surface area contributed by atoms with Gasteiger partial charge in [0.1, 0.15) is 0 Å². The van der Waals surface area contributed by atoms with Crippen LogP contribution in [0, 0.1) is 22.7 Å². The largest absolute Gasteiger partial charge is 0.295 e. The van der Waals surface area contributed by atoms with Crippen molar-refractivity contribution in [2.75, 3.05) is 0 Å². The number of carbonyl (C=O) groups is 1. The average Bonchev–Trinajstić information content (AvgIpc) is 2.54. The van der Waals surface area contributed by atoms with Crippen molar-refractivity contribution in [3.8, 4) is 0 Å². The maximum atomic E-state index is 11.0. The third-order valence-corrected chi connectivity index (χ3v) is 4.90. The van der Waals surface area contributed by atoms with E-state index in [0.29, 0.717) is 16.7 Å². The van der Waals surface area contributed by atoms with E-state index in [2.05, 4.69) is 26.8 Å². The van der Waals surface area contributed by atoms with Crippen LogP contribution >= 0.6 is 0 Å². The highest BCUT2D eigenvalue weighted by Gasteiger charge is 2.57. The molecule has 0 aromatic heterocycles. The molecule has 2 rings (SSSR count). The lowest BCUT2D eigenvalue weighted by molar-refractivity contribution is -0.112. The molecule has 3 unspecified atom stereocenters. The average molecular weight is 206 g/mol. The summed E-state index contributed by atoms with van der Waals surface area (Å²) in [6.07, 6.45) is 8.04. The number of hydrogen-bond donors (Lipinski definition) is 0. The maximum absolute atomic E-state index is 11.0. The molecular weight excluding hydrogens is 184 g/mol. The minimum absolute atomic E-state index is 0.178. The third kappa shape index (κ3) is 1.56.